The molecule has 0 aromatic heterocycles. The van der Waals surface area contributed by atoms with Gasteiger partial charge in [-0.3, -0.25) is 0 Å². The molecule has 130 valence electrons. The summed E-state index contributed by atoms with van der Waals surface area (Å²) in [6, 6.07) is 8.38. The second kappa shape index (κ2) is 7.66. The van der Waals surface area contributed by atoms with Crippen LogP contribution in [0.25, 0.3) is 0 Å². The van der Waals surface area contributed by atoms with Gasteiger partial charge >= 0.3 is 12.0 Å². The number of carbonyl (C=O) groups excluding carboxylic acids is 1. The molecule has 0 radical (unpaired) electrons. The maximum Gasteiger partial charge on any atom is 0.329 e. The topological polar surface area (TPSA) is 70.1 Å². The van der Waals surface area contributed by atoms with Crippen LogP contribution >= 0.6 is 0 Å². The van der Waals surface area contributed by atoms with Crippen molar-refractivity contribution >= 4 is 12.0 Å². The van der Waals surface area contributed by atoms with Crippen LogP contribution in [0.1, 0.15) is 24.0 Å². The number of nitrogens with zero attached hydrogens (tertiary/aromatic N) is 2. The summed E-state index contributed by atoms with van der Waals surface area (Å²) in [6.45, 7) is 2.98. The van der Waals surface area contributed by atoms with Crippen LogP contribution in [0.3, 0.4) is 0 Å². The maximum atomic E-state index is 12.8. The lowest BCUT2D eigenvalue weighted by molar-refractivity contribution is -0.142. The first-order chi connectivity index (χ1) is 11.6. The summed E-state index contributed by atoms with van der Waals surface area (Å²) >= 11 is 0. The largest absolute Gasteiger partial charge is 0.480 e. The summed E-state index contributed by atoms with van der Waals surface area (Å²) in [6.07, 6.45) is 2.82. The number of rotatable bonds is 4. The summed E-state index contributed by atoms with van der Waals surface area (Å²) in [5, 5.41) is 8.64. The first-order valence-corrected chi connectivity index (χ1v) is 8.53. The summed E-state index contributed by atoms with van der Waals surface area (Å²) in [7, 11) is 0. The number of carbonyl (C=O) groups is 2. The fourth-order valence-electron chi connectivity index (χ4n) is 3.55. The highest BCUT2D eigenvalue weighted by Gasteiger charge is 2.29. The fraction of sp³-hybridized carbons (Fsp3) is 0.556. The standard InChI is InChI=1S/C18H24N2O4/c21-17(22)13-24-12-14-4-3-8-19(10-14)18(23)20-9-7-15-5-1-2-6-16(15)11-20/h1-2,5-6,14H,3-4,7-13H2,(H,21,22). The Hall–Kier alpha value is -2.08. The molecule has 2 aliphatic heterocycles. The molecule has 1 unspecified atom stereocenters. The van der Waals surface area contributed by atoms with Crippen LogP contribution in [0.2, 0.25) is 0 Å². The lowest BCUT2D eigenvalue weighted by atomic mass is 9.98. The Labute approximate surface area is 142 Å². The van der Waals surface area contributed by atoms with Crippen molar-refractivity contribution in [2.45, 2.75) is 25.8 Å². The molecule has 24 heavy (non-hydrogen) atoms. The number of carboxylic acids is 1. The van der Waals surface area contributed by atoms with E-state index in [4.69, 9.17) is 9.84 Å². The number of hydrogen-bond donors (Lipinski definition) is 1. The van der Waals surface area contributed by atoms with Crippen molar-refractivity contribution in [2.24, 2.45) is 5.92 Å². The van der Waals surface area contributed by atoms with Gasteiger partial charge in [-0.15, -0.1) is 0 Å². The van der Waals surface area contributed by atoms with Crippen molar-refractivity contribution in [2.75, 3.05) is 32.8 Å². The van der Waals surface area contributed by atoms with Gasteiger partial charge in [-0.1, -0.05) is 24.3 Å². The minimum absolute atomic E-state index is 0.0902. The zero-order valence-corrected chi connectivity index (χ0v) is 13.8. The van der Waals surface area contributed by atoms with E-state index < -0.39 is 5.97 Å². The van der Waals surface area contributed by atoms with E-state index in [2.05, 4.69) is 12.1 Å². The van der Waals surface area contributed by atoms with Crippen LogP contribution in [-0.4, -0.2) is 59.8 Å². The monoisotopic (exact) mass is 332 g/mol. The van der Waals surface area contributed by atoms with Crippen LogP contribution in [0.4, 0.5) is 4.79 Å². The minimum Gasteiger partial charge on any atom is -0.480 e. The Morgan fingerprint density at radius 2 is 1.96 bits per heavy atom. The molecule has 6 nitrogen and oxygen atoms in total. The van der Waals surface area contributed by atoms with Gasteiger partial charge in [0.05, 0.1) is 6.61 Å². The van der Waals surface area contributed by atoms with E-state index in [1.54, 1.807) is 0 Å². The van der Waals surface area contributed by atoms with Crippen molar-refractivity contribution in [3.63, 3.8) is 0 Å². The third-order valence-corrected chi connectivity index (χ3v) is 4.77. The van der Waals surface area contributed by atoms with E-state index >= 15 is 0 Å². The van der Waals surface area contributed by atoms with Gasteiger partial charge in [-0.25, -0.2) is 9.59 Å². The third-order valence-electron chi connectivity index (χ3n) is 4.77. The van der Waals surface area contributed by atoms with Crippen LogP contribution in [-0.2, 0) is 22.5 Å². The number of urea groups is 1. The number of likely N-dealkylation sites (tertiary alicyclic amines) is 1. The van der Waals surface area contributed by atoms with Gasteiger partial charge in [0.25, 0.3) is 0 Å². The Balaban J connectivity index is 1.54. The Bertz CT molecular complexity index is 604. The number of amides is 2. The number of aliphatic carboxylic acids is 1. The normalized spacial score (nSPS) is 20.6. The molecule has 1 aromatic rings. The van der Waals surface area contributed by atoms with Crippen LogP contribution < -0.4 is 0 Å². The SMILES string of the molecule is O=C(O)COCC1CCCN(C(=O)N2CCc3ccccc3C2)C1. The van der Waals surface area contributed by atoms with E-state index in [0.29, 0.717) is 19.7 Å². The van der Waals surface area contributed by atoms with Gasteiger partial charge in [0.2, 0.25) is 0 Å². The number of carboxylic acid groups (broad SMARTS) is 1. The second-order valence-corrected chi connectivity index (χ2v) is 6.59. The quantitative estimate of drug-likeness (QED) is 0.915. The number of piperidine rings is 1. The molecule has 2 heterocycles. The van der Waals surface area contributed by atoms with Gasteiger partial charge < -0.3 is 19.6 Å². The number of hydrogen-bond acceptors (Lipinski definition) is 3. The minimum atomic E-state index is -0.953. The predicted octanol–water partition coefficient (Wildman–Crippen LogP) is 1.98. The highest BCUT2D eigenvalue weighted by molar-refractivity contribution is 5.75. The molecule has 1 N–H and O–H groups in total. The average Bonchev–Trinajstić information content (AvgIpc) is 2.60. The van der Waals surface area contributed by atoms with E-state index in [-0.39, 0.29) is 18.6 Å². The highest BCUT2D eigenvalue weighted by Crippen LogP contribution is 2.22. The predicted molar refractivity (Wildman–Crippen MR) is 88.7 cm³/mol. The van der Waals surface area contributed by atoms with Crippen molar-refractivity contribution in [3.05, 3.63) is 35.4 Å². The summed E-state index contributed by atoms with van der Waals surface area (Å²) in [5.41, 5.74) is 2.57. The van der Waals surface area contributed by atoms with Gasteiger partial charge in [0.1, 0.15) is 6.61 Å². The molecule has 6 heteroatoms. The average molecular weight is 332 g/mol. The second-order valence-electron chi connectivity index (χ2n) is 6.59. The Morgan fingerprint density at radius 3 is 2.75 bits per heavy atom. The van der Waals surface area contributed by atoms with E-state index in [1.807, 2.05) is 21.9 Å². The lowest BCUT2D eigenvalue weighted by Gasteiger charge is -2.38. The molecular formula is C18H24N2O4. The smallest absolute Gasteiger partial charge is 0.329 e. The Morgan fingerprint density at radius 1 is 1.17 bits per heavy atom. The fourth-order valence-corrected chi connectivity index (χ4v) is 3.55. The molecule has 3 rings (SSSR count). The summed E-state index contributed by atoms with van der Waals surface area (Å²) < 4.78 is 5.20. The van der Waals surface area contributed by atoms with Crippen molar-refractivity contribution in [3.8, 4) is 0 Å². The van der Waals surface area contributed by atoms with E-state index in [1.165, 1.54) is 11.1 Å². The van der Waals surface area contributed by atoms with Gasteiger partial charge in [-0.2, -0.15) is 0 Å². The Kier molecular flexibility index (Phi) is 5.35. The van der Waals surface area contributed by atoms with Crippen molar-refractivity contribution < 1.29 is 19.4 Å². The molecule has 2 aliphatic rings. The number of ether oxygens (including phenoxy) is 1. The molecule has 0 saturated carbocycles. The molecule has 0 bridgehead atoms. The maximum absolute atomic E-state index is 12.8. The molecule has 1 saturated heterocycles. The van der Waals surface area contributed by atoms with Gasteiger partial charge in [0.15, 0.2) is 0 Å². The molecule has 0 spiro atoms. The third kappa shape index (κ3) is 4.06. The number of fused-ring (bicyclic) bond motifs is 1. The molecule has 2 amide bonds. The van der Waals surface area contributed by atoms with E-state index in [0.717, 1.165) is 32.4 Å². The molecule has 1 aromatic carbocycles. The highest BCUT2D eigenvalue weighted by atomic mass is 16.5. The van der Waals surface area contributed by atoms with Gasteiger partial charge in [-0.05, 0) is 30.4 Å². The summed E-state index contributed by atoms with van der Waals surface area (Å²) in [5.74, 6) is -0.732. The number of benzene rings is 1. The van der Waals surface area contributed by atoms with Crippen LogP contribution in [0.15, 0.2) is 24.3 Å². The molecule has 1 atom stereocenters. The zero-order chi connectivity index (χ0) is 16.9. The first kappa shape index (κ1) is 16.8. The van der Waals surface area contributed by atoms with Crippen molar-refractivity contribution in [1.82, 2.24) is 9.80 Å². The zero-order valence-electron chi connectivity index (χ0n) is 13.8. The van der Waals surface area contributed by atoms with Gasteiger partial charge in [0, 0.05) is 32.1 Å². The van der Waals surface area contributed by atoms with Crippen LogP contribution in [0, 0.1) is 5.92 Å². The van der Waals surface area contributed by atoms with Crippen molar-refractivity contribution in [1.29, 1.82) is 0 Å². The molecule has 0 aliphatic carbocycles. The van der Waals surface area contributed by atoms with Crippen LogP contribution in [0.5, 0.6) is 0 Å². The summed E-state index contributed by atoms with van der Waals surface area (Å²) in [4.78, 5) is 27.1. The lowest BCUT2D eigenvalue weighted by Crippen LogP contribution is -2.49. The molecule has 1 fully saturated rings. The molecular weight excluding hydrogens is 308 g/mol. The van der Waals surface area contributed by atoms with E-state index in [9.17, 15) is 9.59 Å². The first-order valence-electron chi connectivity index (χ1n) is 8.53.